The fraction of sp³-hybridized carbons (Fsp3) is 0.143. The number of hydrogen-bond donors (Lipinski definition) is 3. The van der Waals surface area contributed by atoms with Crippen LogP contribution in [-0.4, -0.2) is 28.7 Å². The van der Waals surface area contributed by atoms with E-state index in [9.17, 15) is 19.2 Å². The van der Waals surface area contributed by atoms with Crippen LogP contribution in [-0.2, 0) is 20.9 Å². The quantitative estimate of drug-likeness (QED) is 0.655. The van der Waals surface area contributed by atoms with Crippen LogP contribution in [0.25, 0.3) is 0 Å². The maximum Gasteiger partial charge on any atom is 0.331 e. The second kappa shape index (κ2) is 8.39. The summed E-state index contributed by atoms with van der Waals surface area (Å²) < 4.78 is 0. The maximum atomic E-state index is 12.9. The Kier molecular flexibility index (Phi) is 5.73. The van der Waals surface area contributed by atoms with Gasteiger partial charge in [0.05, 0.1) is 6.54 Å². The van der Waals surface area contributed by atoms with Crippen molar-refractivity contribution < 1.29 is 19.2 Å². The number of carbonyl (C=O) groups excluding carboxylic acids is 4. The topological polar surface area (TPSA) is 108 Å². The number of carbonyl (C=O) groups is 4. The van der Waals surface area contributed by atoms with Gasteiger partial charge >= 0.3 is 6.03 Å². The summed E-state index contributed by atoms with van der Waals surface area (Å²) in [6.07, 6.45) is 0. The molecule has 2 aromatic carbocycles. The Hall–Kier alpha value is -3.94. The Morgan fingerprint density at radius 3 is 2.17 bits per heavy atom. The molecule has 0 unspecified atom stereocenters. The largest absolute Gasteiger partial charge is 0.358 e. The third-order valence-electron chi connectivity index (χ3n) is 4.29. The summed E-state index contributed by atoms with van der Waals surface area (Å²) in [4.78, 5) is 49.4. The zero-order valence-electron chi connectivity index (χ0n) is 15.8. The molecule has 0 bridgehead atoms. The molecular formula is C21H20N4O4. The van der Waals surface area contributed by atoms with Gasteiger partial charge in [-0.05, 0) is 29.8 Å². The number of amides is 5. The molecule has 2 aromatic rings. The van der Waals surface area contributed by atoms with Crippen LogP contribution < -0.4 is 16.0 Å². The molecule has 8 nitrogen and oxygen atoms in total. The molecule has 5 amide bonds. The monoisotopic (exact) mass is 392 g/mol. The molecule has 0 aliphatic carbocycles. The Bertz CT molecular complexity index is 970. The lowest BCUT2D eigenvalue weighted by molar-refractivity contribution is -0.141. The van der Waals surface area contributed by atoms with Crippen LogP contribution in [0.4, 0.5) is 16.2 Å². The second-order valence-corrected chi connectivity index (χ2v) is 6.55. The number of nitrogens with zero attached hydrogens (tertiary/aromatic N) is 1. The summed E-state index contributed by atoms with van der Waals surface area (Å²) in [5.74, 6) is -2.80. The van der Waals surface area contributed by atoms with E-state index in [1.807, 2.05) is 6.07 Å². The summed E-state index contributed by atoms with van der Waals surface area (Å²) in [5, 5.41) is 7.78. The molecule has 0 radical (unpaired) electrons. The lowest BCUT2D eigenvalue weighted by Gasteiger charge is -2.31. The van der Waals surface area contributed by atoms with Crippen LogP contribution in [0.15, 0.2) is 66.9 Å². The smallest absolute Gasteiger partial charge is 0.331 e. The van der Waals surface area contributed by atoms with Crippen LogP contribution >= 0.6 is 0 Å². The number of benzene rings is 2. The molecular weight excluding hydrogens is 372 g/mol. The summed E-state index contributed by atoms with van der Waals surface area (Å²) in [5.41, 5.74) is 2.09. The Balaban J connectivity index is 1.73. The lowest BCUT2D eigenvalue weighted by Crippen LogP contribution is -2.58. The number of nitrogens with one attached hydrogen (secondary N) is 3. The standard InChI is InChI=1S/C21H20N4O4/c1-13(22-16-8-10-17(11-9-16)23-14(2)26)18-19(27)24-21(29)25(20(18)28)12-15-6-4-3-5-7-15/h3-11,18,22H,1,12H2,2H3,(H,23,26)(H,24,27,29)/t18-/m0/s1. The number of imide groups is 2. The fourth-order valence-corrected chi connectivity index (χ4v) is 2.93. The first-order valence-electron chi connectivity index (χ1n) is 8.89. The van der Waals surface area contributed by atoms with Gasteiger partial charge in [0.2, 0.25) is 17.7 Å². The van der Waals surface area contributed by atoms with Crippen molar-refractivity contribution >= 4 is 35.1 Å². The highest BCUT2D eigenvalue weighted by molar-refractivity contribution is 6.17. The van der Waals surface area contributed by atoms with Crippen molar-refractivity contribution in [2.75, 3.05) is 10.6 Å². The molecule has 1 saturated heterocycles. The zero-order valence-corrected chi connectivity index (χ0v) is 15.8. The predicted octanol–water partition coefficient (Wildman–Crippen LogP) is 2.47. The van der Waals surface area contributed by atoms with Gasteiger partial charge in [-0.2, -0.15) is 0 Å². The molecule has 29 heavy (non-hydrogen) atoms. The van der Waals surface area contributed by atoms with E-state index in [1.165, 1.54) is 6.92 Å². The van der Waals surface area contributed by atoms with E-state index >= 15 is 0 Å². The maximum absolute atomic E-state index is 12.9. The molecule has 1 aliphatic rings. The third kappa shape index (κ3) is 4.67. The first-order valence-corrected chi connectivity index (χ1v) is 8.89. The average molecular weight is 392 g/mol. The molecule has 0 saturated carbocycles. The highest BCUT2D eigenvalue weighted by Gasteiger charge is 2.42. The van der Waals surface area contributed by atoms with Crippen molar-refractivity contribution in [3.05, 3.63) is 72.4 Å². The van der Waals surface area contributed by atoms with Crippen molar-refractivity contribution in [1.82, 2.24) is 10.2 Å². The number of hydrogen-bond acceptors (Lipinski definition) is 5. The van der Waals surface area contributed by atoms with Gasteiger partial charge in [0, 0.05) is 24.0 Å². The van der Waals surface area contributed by atoms with Gasteiger partial charge in [-0.15, -0.1) is 0 Å². The van der Waals surface area contributed by atoms with Crippen LogP contribution in [0.1, 0.15) is 12.5 Å². The van der Waals surface area contributed by atoms with Crippen LogP contribution in [0, 0.1) is 5.92 Å². The molecule has 1 atom stereocenters. The number of barbiturate groups is 1. The summed E-state index contributed by atoms with van der Waals surface area (Å²) in [6, 6.07) is 14.9. The van der Waals surface area contributed by atoms with E-state index < -0.39 is 23.8 Å². The molecule has 1 aliphatic heterocycles. The Morgan fingerprint density at radius 2 is 1.59 bits per heavy atom. The van der Waals surface area contributed by atoms with Crippen LogP contribution in [0.5, 0.6) is 0 Å². The van der Waals surface area contributed by atoms with Crippen molar-refractivity contribution in [2.24, 2.45) is 5.92 Å². The Morgan fingerprint density at radius 1 is 1.00 bits per heavy atom. The summed E-state index contributed by atoms with van der Waals surface area (Å²) in [6.45, 7) is 5.27. The molecule has 0 aromatic heterocycles. The first kappa shape index (κ1) is 19.8. The van der Waals surface area contributed by atoms with E-state index in [-0.39, 0.29) is 18.1 Å². The van der Waals surface area contributed by atoms with Gasteiger partial charge in [0.25, 0.3) is 0 Å². The van der Waals surface area contributed by atoms with E-state index in [0.717, 1.165) is 10.5 Å². The molecule has 1 heterocycles. The fourth-order valence-electron chi connectivity index (χ4n) is 2.93. The van der Waals surface area contributed by atoms with Gasteiger partial charge in [-0.1, -0.05) is 36.9 Å². The van der Waals surface area contributed by atoms with E-state index in [1.54, 1.807) is 48.5 Å². The molecule has 0 spiro atoms. The minimum absolute atomic E-state index is 0.0496. The van der Waals surface area contributed by atoms with Crippen molar-refractivity contribution in [2.45, 2.75) is 13.5 Å². The van der Waals surface area contributed by atoms with Gasteiger partial charge in [0.15, 0.2) is 5.92 Å². The SMILES string of the molecule is C=C(Nc1ccc(NC(C)=O)cc1)[C@H]1C(=O)NC(=O)N(Cc2ccccc2)C1=O. The number of urea groups is 1. The van der Waals surface area contributed by atoms with E-state index in [0.29, 0.717) is 11.4 Å². The minimum atomic E-state index is -1.24. The highest BCUT2D eigenvalue weighted by atomic mass is 16.2. The molecule has 8 heteroatoms. The van der Waals surface area contributed by atoms with Crippen LogP contribution in [0.3, 0.4) is 0 Å². The lowest BCUT2D eigenvalue weighted by atomic mass is 10.0. The molecule has 1 fully saturated rings. The normalized spacial score (nSPS) is 16.2. The predicted molar refractivity (Wildman–Crippen MR) is 108 cm³/mol. The van der Waals surface area contributed by atoms with Gasteiger partial charge in [-0.25, -0.2) is 4.79 Å². The van der Waals surface area contributed by atoms with Gasteiger partial charge in [-0.3, -0.25) is 24.6 Å². The Labute approximate surface area is 167 Å². The van der Waals surface area contributed by atoms with Crippen molar-refractivity contribution in [3.63, 3.8) is 0 Å². The van der Waals surface area contributed by atoms with Crippen molar-refractivity contribution in [3.8, 4) is 0 Å². The molecule has 148 valence electrons. The van der Waals surface area contributed by atoms with Crippen molar-refractivity contribution in [1.29, 1.82) is 0 Å². The third-order valence-corrected chi connectivity index (χ3v) is 4.29. The molecule has 3 N–H and O–H groups in total. The summed E-state index contributed by atoms with van der Waals surface area (Å²) >= 11 is 0. The molecule has 3 rings (SSSR count). The van der Waals surface area contributed by atoms with E-state index in [4.69, 9.17) is 0 Å². The second-order valence-electron chi connectivity index (χ2n) is 6.55. The van der Waals surface area contributed by atoms with E-state index in [2.05, 4.69) is 22.5 Å². The van der Waals surface area contributed by atoms with Crippen LogP contribution in [0.2, 0.25) is 0 Å². The minimum Gasteiger partial charge on any atom is -0.358 e. The summed E-state index contributed by atoms with van der Waals surface area (Å²) in [7, 11) is 0. The van der Waals surface area contributed by atoms with Gasteiger partial charge < -0.3 is 10.6 Å². The number of anilines is 2. The zero-order chi connectivity index (χ0) is 21.0. The van der Waals surface area contributed by atoms with Gasteiger partial charge in [0.1, 0.15) is 0 Å². The average Bonchev–Trinajstić information content (AvgIpc) is 2.67. The first-order chi connectivity index (χ1) is 13.8. The highest BCUT2D eigenvalue weighted by Crippen LogP contribution is 2.23. The number of rotatable bonds is 6.